The van der Waals surface area contributed by atoms with Crippen molar-refractivity contribution in [1.82, 2.24) is 0 Å². The standard InChI is InChI=1S/C22H43NO6/c1-5-9-13-25-17-18-19(26-14-10-6-2)20(27-15-11-7-3)21(22(23-24)29-18)28-16-12-8-4/h18-22H,5-17H2,1-4H3. The van der Waals surface area contributed by atoms with E-state index >= 15 is 0 Å². The number of nitroso groups, excluding NO2 is 1. The molecule has 0 bridgehead atoms. The Bertz CT molecular complexity index is 397. The molecule has 0 radical (unpaired) electrons. The number of ether oxygens (including phenoxy) is 5. The molecule has 1 aliphatic rings. The van der Waals surface area contributed by atoms with Gasteiger partial charge in [0.15, 0.2) is 0 Å². The second-order valence-electron chi connectivity index (χ2n) is 7.67. The first-order valence-corrected chi connectivity index (χ1v) is 11.6. The van der Waals surface area contributed by atoms with E-state index < -0.39 is 24.5 Å². The lowest BCUT2D eigenvalue weighted by molar-refractivity contribution is -0.264. The number of nitrogens with zero attached hydrogens (tertiary/aromatic N) is 1. The van der Waals surface area contributed by atoms with Gasteiger partial charge in [-0.25, -0.2) is 0 Å². The van der Waals surface area contributed by atoms with Crippen LogP contribution in [0.4, 0.5) is 0 Å². The van der Waals surface area contributed by atoms with Crippen molar-refractivity contribution in [2.45, 2.75) is 110 Å². The third kappa shape index (κ3) is 9.83. The molecule has 1 saturated heterocycles. The lowest BCUT2D eigenvalue weighted by Gasteiger charge is -2.44. The molecule has 0 spiro atoms. The Hall–Kier alpha value is -0.600. The fraction of sp³-hybridized carbons (Fsp3) is 1.00. The van der Waals surface area contributed by atoms with Gasteiger partial charge in [0.2, 0.25) is 6.23 Å². The minimum atomic E-state index is -0.913. The van der Waals surface area contributed by atoms with Crippen LogP contribution in [0, 0.1) is 4.91 Å². The van der Waals surface area contributed by atoms with E-state index in [1.54, 1.807) is 0 Å². The van der Waals surface area contributed by atoms with E-state index in [2.05, 4.69) is 32.9 Å². The van der Waals surface area contributed by atoms with Gasteiger partial charge in [-0.3, -0.25) is 0 Å². The molecule has 0 aromatic heterocycles. The van der Waals surface area contributed by atoms with Crippen LogP contribution in [0.5, 0.6) is 0 Å². The highest BCUT2D eigenvalue weighted by Crippen LogP contribution is 2.30. The van der Waals surface area contributed by atoms with E-state index in [1.807, 2.05) is 0 Å². The zero-order chi connectivity index (χ0) is 21.3. The zero-order valence-electron chi connectivity index (χ0n) is 19.0. The smallest absolute Gasteiger partial charge is 0.219 e. The highest BCUT2D eigenvalue weighted by molar-refractivity contribution is 4.94. The molecule has 0 N–H and O–H groups in total. The molecule has 7 heteroatoms. The van der Waals surface area contributed by atoms with Gasteiger partial charge in [-0.05, 0) is 30.9 Å². The third-order valence-electron chi connectivity index (χ3n) is 5.06. The van der Waals surface area contributed by atoms with Gasteiger partial charge in [-0.15, -0.1) is 4.91 Å². The molecule has 1 heterocycles. The van der Waals surface area contributed by atoms with Crippen LogP contribution in [0.3, 0.4) is 0 Å². The van der Waals surface area contributed by atoms with Crippen molar-refractivity contribution < 1.29 is 23.7 Å². The van der Waals surface area contributed by atoms with Crippen LogP contribution in [-0.4, -0.2) is 63.7 Å². The molecule has 7 nitrogen and oxygen atoms in total. The molecule has 5 atom stereocenters. The molecular formula is C22H43NO6. The largest absolute Gasteiger partial charge is 0.379 e. The highest BCUT2D eigenvalue weighted by atomic mass is 16.6. The van der Waals surface area contributed by atoms with Crippen molar-refractivity contribution in [2.75, 3.05) is 33.0 Å². The first kappa shape index (κ1) is 26.4. The SMILES string of the molecule is CCCCOCC1OC(N=O)C(OCCCC)C(OCCCC)C1OCCCC. The van der Waals surface area contributed by atoms with Gasteiger partial charge in [0.05, 0.1) is 6.61 Å². The summed E-state index contributed by atoms with van der Waals surface area (Å²) in [6.45, 7) is 11.3. The summed E-state index contributed by atoms with van der Waals surface area (Å²) in [5.41, 5.74) is 0. The molecule has 0 aromatic carbocycles. The third-order valence-corrected chi connectivity index (χ3v) is 5.06. The van der Waals surface area contributed by atoms with Crippen LogP contribution < -0.4 is 0 Å². The average molecular weight is 418 g/mol. The van der Waals surface area contributed by atoms with E-state index in [0.717, 1.165) is 51.4 Å². The Morgan fingerprint density at radius 1 is 0.690 bits per heavy atom. The maximum Gasteiger partial charge on any atom is 0.219 e. The van der Waals surface area contributed by atoms with Crippen molar-refractivity contribution >= 4 is 0 Å². The van der Waals surface area contributed by atoms with Gasteiger partial charge < -0.3 is 23.7 Å². The summed E-state index contributed by atoms with van der Waals surface area (Å²) in [6.07, 6.45) is 5.34. The normalized spacial score (nSPS) is 27.2. The van der Waals surface area contributed by atoms with E-state index in [9.17, 15) is 4.91 Å². The van der Waals surface area contributed by atoms with Crippen molar-refractivity contribution in [3.63, 3.8) is 0 Å². The second-order valence-corrected chi connectivity index (χ2v) is 7.67. The maximum absolute atomic E-state index is 11.6. The quantitative estimate of drug-likeness (QED) is 0.234. The molecular weight excluding hydrogens is 374 g/mol. The summed E-state index contributed by atoms with van der Waals surface area (Å²) in [6, 6.07) is 0. The van der Waals surface area contributed by atoms with Gasteiger partial charge in [0.25, 0.3) is 0 Å². The van der Waals surface area contributed by atoms with Crippen molar-refractivity contribution in [3.05, 3.63) is 4.91 Å². The van der Waals surface area contributed by atoms with Gasteiger partial charge in [-0.2, -0.15) is 0 Å². The van der Waals surface area contributed by atoms with Gasteiger partial charge >= 0.3 is 0 Å². The molecule has 1 rings (SSSR count). The predicted molar refractivity (Wildman–Crippen MR) is 114 cm³/mol. The van der Waals surface area contributed by atoms with Crippen LogP contribution in [0.25, 0.3) is 0 Å². The van der Waals surface area contributed by atoms with Crippen LogP contribution in [0.1, 0.15) is 79.1 Å². The zero-order valence-corrected chi connectivity index (χ0v) is 19.0. The number of hydrogen-bond acceptors (Lipinski definition) is 7. The molecule has 0 saturated carbocycles. The lowest BCUT2D eigenvalue weighted by Crippen LogP contribution is -2.61. The predicted octanol–water partition coefficient (Wildman–Crippen LogP) is 4.85. The summed E-state index contributed by atoms with van der Waals surface area (Å²) < 4.78 is 30.3. The fourth-order valence-corrected chi connectivity index (χ4v) is 3.22. The summed E-state index contributed by atoms with van der Waals surface area (Å²) in [5, 5.41) is 3.22. The monoisotopic (exact) mass is 417 g/mol. The summed E-state index contributed by atoms with van der Waals surface area (Å²) >= 11 is 0. The molecule has 172 valence electrons. The average Bonchev–Trinajstić information content (AvgIpc) is 2.73. The summed E-state index contributed by atoms with van der Waals surface area (Å²) in [5.74, 6) is 0. The van der Waals surface area contributed by atoms with Gasteiger partial charge in [0.1, 0.15) is 24.4 Å². The van der Waals surface area contributed by atoms with E-state index in [0.29, 0.717) is 33.0 Å². The summed E-state index contributed by atoms with van der Waals surface area (Å²) in [4.78, 5) is 11.6. The van der Waals surface area contributed by atoms with E-state index in [1.165, 1.54) is 0 Å². The Morgan fingerprint density at radius 3 is 1.69 bits per heavy atom. The van der Waals surface area contributed by atoms with Gasteiger partial charge in [-0.1, -0.05) is 53.4 Å². The van der Waals surface area contributed by atoms with Crippen molar-refractivity contribution in [2.24, 2.45) is 5.18 Å². The number of unbranched alkanes of at least 4 members (excludes halogenated alkanes) is 4. The first-order valence-electron chi connectivity index (χ1n) is 11.6. The van der Waals surface area contributed by atoms with Crippen LogP contribution in [0.15, 0.2) is 5.18 Å². The Balaban J connectivity index is 2.94. The summed E-state index contributed by atoms with van der Waals surface area (Å²) in [7, 11) is 0. The highest BCUT2D eigenvalue weighted by Gasteiger charge is 2.49. The molecule has 0 aromatic rings. The van der Waals surface area contributed by atoms with E-state index in [4.69, 9.17) is 23.7 Å². The van der Waals surface area contributed by atoms with E-state index in [-0.39, 0.29) is 6.10 Å². The van der Waals surface area contributed by atoms with Gasteiger partial charge in [0, 0.05) is 26.4 Å². The second kappa shape index (κ2) is 17.1. The Labute approximate surface area is 177 Å². The molecule has 5 unspecified atom stereocenters. The lowest BCUT2D eigenvalue weighted by atomic mass is 9.97. The van der Waals surface area contributed by atoms with Crippen LogP contribution in [-0.2, 0) is 23.7 Å². The van der Waals surface area contributed by atoms with Crippen LogP contribution in [0.2, 0.25) is 0 Å². The van der Waals surface area contributed by atoms with Crippen molar-refractivity contribution in [1.29, 1.82) is 0 Å². The molecule has 0 amide bonds. The number of rotatable bonds is 18. The van der Waals surface area contributed by atoms with Crippen molar-refractivity contribution in [3.8, 4) is 0 Å². The Morgan fingerprint density at radius 2 is 1.17 bits per heavy atom. The number of hydrogen-bond donors (Lipinski definition) is 0. The first-order chi connectivity index (χ1) is 14.2. The molecule has 1 fully saturated rings. The Kier molecular flexibility index (Phi) is 15.6. The molecule has 1 aliphatic heterocycles. The maximum atomic E-state index is 11.6. The fourth-order valence-electron chi connectivity index (χ4n) is 3.22. The van der Waals surface area contributed by atoms with Crippen LogP contribution >= 0.6 is 0 Å². The molecule has 0 aliphatic carbocycles. The molecule has 29 heavy (non-hydrogen) atoms. The minimum absolute atomic E-state index is 0.343. The topological polar surface area (TPSA) is 75.6 Å². The minimum Gasteiger partial charge on any atom is -0.379 e.